The number of benzene rings is 1. The monoisotopic (exact) mass is 447 g/mol. The van der Waals surface area contributed by atoms with Crippen LogP contribution in [0.4, 0.5) is 4.39 Å². The zero-order valence-electron chi connectivity index (χ0n) is 18.2. The van der Waals surface area contributed by atoms with E-state index in [0.717, 1.165) is 22.5 Å². The van der Waals surface area contributed by atoms with Crippen LogP contribution in [0.5, 0.6) is 0 Å². The third kappa shape index (κ3) is 4.54. The Morgan fingerprint density at radius 2 is 2.03 bits per heavy atom. The Morgan fingerprint density at radius 1 is 1.29 bits per heavy atom. The van der Waals surface area contributed by atoms with Gasteiger partial charge in [0.1, 0.15) is 5.83 Å². The van der Waals surface area contributed by atoms with Crippen molar-refractivity contribution in [1.29, 1.82) is 0 Å². The molecule has 1 aromatic carbocycles. The molecule has 0 aliphatic heterocycles. The number of halogens is 1. The maximum Gasteiger partial charge on any atom is 0.242 e. The largest absolute Gasteiger partial charge is 0.378 e. The first-order valence-corrected chi connectivity index (χ1v) is 11.3. The number of sulfonamides is 1. The number of hydrogen-bond acceptors (Lipinski definition) is 4. The minimum Gasteiger partial charge on any atom is -0.378 e. The van der Waals surface area contributed by atoms with E-state index >= 15 is 0 Å². The highest BCUT2D eigenvalue weighted by Crippen LogP contribution is 2.35. The second-order valence-corrected chi connectivity index (χ2v) is 9.56. The van der Waals surface area contributed by atoms with E-state index in [2.05, 4.69) is 5.73 Å². The van der Waals surface area contributed by atoms with E-state index in [4.69, 9.17) is 9.72 Å². The van der Waals surface area contributed by atoms with E-state index in [9.17, 15) is 12.8 Å². The van der Waals surface area contributed by atoms with Gasteiger partial charge in [0.25, 0.3) is 0 Å². The van der Waals surface area contributed by atoms with Gasteiger partial charge in [-0.3, -0.25) is 0 Å². The minimum absolute atomic E-state index is 0.0544. The van der Waals surface area contributed by atoms with Crippen LogP contribution in [-0.2, 0) is 27.9 Å². The van der Waals surface area contributed by atoms with Crippen LogP contribution in [0.25, 0.3) is 22.2 Å². The van der Waals surface area contributed by atoms with Crippen molar-refractivity contribution < 1.29 is 23.3 Å². The average molecular weight is 448 g/mol. The van der Waals surface area contributed by atoms with Crippen molar-refractivity contribution in [3.05, 3.63) is 59.7 Å². The molecule has 0 spiro atoms. The van der Waals surface area contributed by atoms with E-state index in [1.54, 1.807) is 25.3 Å². The highest BCUT2D eigenvalue weighted by Gasteiger charge is 2.22. The highest BCUT2D eigenvalue weighted by molar-refractivity contribution is 7.89. The Balaban J connectivity index is 2.28. The van der Waals surface area contributed by atoms with E-state index in [1.807, 2.05) is 29.7 Å². The van der Waals surface area contributed by atoms with Gasteiger partial charge >= 0.3 is 0 Å². The number of aromatic nitrogens is 2. The maximum atomic E-state index is 14.4. The lowest BCUT2D eigenvalue weighted by atomic mass is 10.1. The van der Waals surface area contributed by atoms with Crippen LogP contribution in [0, 0.1) is 6.92 Å². The normalized spacial score (nSPS) is 12.8. The molecule has 166 valence electrons. The van der Waals surface area contributed by atoms with Crippen molar-refractivity contribution in [1.82, 2.24) is 13.9 Å². The summed E-state index contributed by atoms with van der Waals surface area (Å²) >= 11 is 0. The first-order valence-electron chi connectivity index (χ1n) is 9.85. The lowest BCUT2D eigenvalue weighted by Crippen LogP contribution is -2.49. The number of rotatable bonds is 8. The van der Waals surface area contributed by atoms with Crippen molar-refractivity contribution in [2.75, 3.05) is 27.7 Å². The molecule has 9 heteroatoms. The predicted octanol–water partition coefficient (Wildman–Crippen LogP) is 2.50. The van der Waals surface area contributed by atoms with Crippen LogP contribution in [0.1, 0.15) is 11.4 Å². The zero-order valence-corrected chi connectivity index (χ0v) is 19.0. The van der Waals surface area contributed by atoms with E-state index in [0.29, 0.717) is 24.2 Å². The number of quaternary nitrogens is 1. The summed E-state index contributed by atoms with van der Waals surface area (Å²) in [6.45, 7) is 2.64. The summed E-state index contributed by atoms with van der Waals surface area (Å²) in [5, 5.41) is 0. The van der Waals surface area contributed by atoms with E-state index in [-0.39, 0.29) is 17.3 Å². The van der Waals surface area contributed by atoms with Gasteiger partial charge in [-0.05, 0) is 36.8 Å². The van der Waals surface area contributed by atoms with E-state index in [1.165, 1.54) is 24.5 Å². The molecule has 0 amide bonds. The lowest BCUT2D eigenvalue weighted by Gasteiger charge is -2.12. The number of fused-ring (bicyclic) bond motifs is 1. The van der Waals surface area contributed by atoms with Crippen LogP contribution < -0.4 is 5.73 Å². The summed E-state index contributed by atoms with van der Waals surface area (Å²) < 4.78 is 47.9. The Hall–Kier alpha value is -2.59. The van der Waals surface area contributed by atoms with Gasteiger partial charge in [0, 0.05) is 38.5 Å². The number of pyridine rings is 1. The molecule has 2 heterocycles. The molecule has 3 aromatic rings. The molecule has 2 aromatic heterocycles. The topological polar surface area (TPSA) is 92.1 Å². The first kappa shape index (κ1) is 23.1. The molecule has 7 nitrogen and oxygen atoms in total. The molecule has 0 unspecified atom stereocenters. The molecule has 31 heavy (non-hydrogen) atoms. The molecule has 0 saturated heterocycles. The average Bonchev–Trinajstić information content (AvgIpc) is 2.99. The molecule has 0 aliphatic carbocycles. The molecule has 0 radical (unpaired) electrons. The van der Waals surface area contributed by atoms with Gasteiger partial charge in [0.2, 0.25) is 10.0 Å². The van der Waals surface area contributed by atoms with Crippen LogP contribution in [0.3, 0.4) is 0 Å². The van der Waals surface area contributed by atoms with Crippen molar-refractivity contribution >= 4 is 21.1 Å². The van der Waals surface area contributed by atoms with Crippen molar-refractivity contribution in [2.45, 2.75) is 25.0 Å². The van der Waals surface area contributed by atoms with Gasteiger partial charge in [0.05, 0.1) is 41.3 Å². The Bertz CT molecular complexity index is 1230. The molecule has 0 fully saturated rings. The summed E-state index contributed by atoms with van der Waals surface area (Å²) in [5.41, 5.74) is 8.11. The molecule has 0 bridgehead atoms. The molecule has 0 aliphatic rings. The number of allylic oxidation sites excluding steroid dienone is 1. The number of nitrogens with zero attached hydrogens (tertiary/aromatic N) is 3. The van der Waals surface area contributed by atoms with Crippen LogP contribution in [0.2, 0.25) is 0 Å². The highest BCUT2D eigenvalue weighted by atomic mass is 32.2. The summed E-state index contributed by atoms with van der Waals surface area (Å²) in [7, 11) is 0.986. The summed E-state index contributed by atoms with van der Waals surface area (Å²) in [4.78, 5) is 4.93. The van der Waals surface area contributed by atoms with Crippen LogP contribution >= 0.6 is 0 Å². The van der Waals surface area contributed by atoms with Crippen LogP contribution in [-0.4, -0.2) is 50.0 Å². The summed E-state index contributed by atoms with van der Waals surface area (Å²) in [5.74, 6) is -0.286. The maximum absolute atomic E-state index is 14.4. The first-order chi connectivity index (χ1) is 14.7. The number of methoxy groups -OCH3 is 1. The van der Waals surface area contributed by atoms with Gasteiger partial charge in [0.15, 0.2) is 0 Å². The molecule has 0 saturated carbocycles. The van der Waals surface area contributed by atoms with Gasteiger partial charge in [-0.25, -0.2) is 22.1 Å². The van der Waals surface area contributed by atoms with E-state index < -0.39 is 10.0 Å². The fourth-order valence-corrected chi connectivity index (χ4v) is 4.50. The smallest absolute Gasteiger partial charge is 0.242 e. The molecule has 0 atom stereocenters. The number of ether oxygens (including phenoxy) is 1. The quantitative estimate of drug-likeness (QED) is 0.574. The third-order valence-electron chi connectivity index (χ3n) is 5.09. The van der Waals surface area contributed by atoms with Gasteiger partial charge in [-0.1, -0.05) is 12.1 Å². The molecular weight excluding hydrogens is 419 g/mol. The zero-order chi connectivity index (χ0) is 22.8. The number of hydrogen-bond donors (Lipinski definition) is 1. The fraction of sp³-hybridized carbons (Fsp3) is 0.318. The Kier molecular flexibility index (Phi) is 6.90. The lowest BCUT2D eigenvalue weighted by molar-refractivity contribution is -0.353. The Morgan fingerprint density at radius 3 is 2.68 bits per heavy atom. The second-order valence-electron chi connectivity index (χ2n) is 7.40. The third-order valence-corrected chi connectivity index (χ3v) is 6.91. The van der Waals surface area contributed by atoms with Gasteiger partial charge in [-0.2, -0.15) is 0 Å². The summed E-state index contributed by atoms with van der Waals surface area (Å²) in [6.07, 6.45) is 1.45. The van der Waals surface area contributed by atoms with Crippen molar-refractivity contribution in [3.8, 4) is 11.1 Å². The van der Waals surface area contributed by atoms with Crippen molar-refractivity contribution in [2.24, 2.45) is 0 Å². The van der Waals surface area contributed by atoms with Crippen LogP contribution in [0.15, 0.2) is 53.2 Å². The van der Waals surface area contributed by atoms with Gasteiger partial charge in [-0.15, -0.1) is 0 Å². The Labute approximate surface area is 182 Å². The predicted molar refractivity (Wildman–Crippen MR) is 118 cm³/mol. The molecule has 3 rings (SSSR count). The van der Waals surface area contributed by atoms with Crippen molar-refractivity contribution in [3.63, 3.8) is 0 Å². The molecular formula is C22H28FN4O3S+. The SMILES string of the molecule is COCc1ccc2c(n1)c(-c1cccc(S(=O)(=O)N(C)C)c1)c(C)n2C/C(F)=C/C[NH3+]. The second kappa shape index (κ2) is 9.27. The fourth-order valence-electron chi connectivity index (χ4n) is 3.55. The minimum atomic E-state index is -3.60. The standard InChI is InChI=1S/C22H27FN4O3S/c1-15-21(16-6-5-7-19(12-16)31(28,29)26(2)3)22-20(9-8-18(25-22)14-30-4)27(15)13-17(23)10-11-24/h5-10,12H,11,13-14,24H2,1-4H3/p+1/b17-10-. The van der Waals surface area contributed by atoms with Gasteiger partial charge < -0.3 is 15.0 Å². The summed E-state index contributed by atoms with van der Waals surface area (Å²) in [6, 6.07) is 10.5. The molecule has 3 N–H and O–H groups in total.